The molecule has 1 amide bonds. The first-order valence-electron chi connectivity index (χ1n) is 8.69. The maximum atomic E-state index is 12.2. The first-order chi connectivity index (χ1) is 12.5. The third-order valence-electron chi connectivity index (χ3n) is 4.28. The SMILES string of the molecule is CNS(=O)(=O)c1ccc(CCC(=O)Nc2cc(C(C)(C)C)ccc2O)cc1. The molecule has 6 nitrogen and oxygen atoms in total. The molecule has 3 N–H and O–H groups in total. The molecule has 0 heterocycles. The van der Waals surface area contributed by atoms with Gasteiger partial charge in [-0.2, -0.15) is 0 Å². The molecule has 0 saturated carbocycles. The molecule has 0 aromatic heterocycles. The zero-order valence-electron chi connectivity index (χ0n) is 16.0. The van der Waals surface area contributed by atoms with E-state index in [4.69, 9.17) is 0 Å². The molecule has 2 rings (SSSR count). The molecule has 7 heteroatoms. The number of aromatic hydroxyl groups is 1. The molecular formula is C20H26N2O4S. The van der Waals surface area contributed by atoms with E-state index in [1.165, 1.54) is 19.2 Å². The number of carbonyl (C=O) groups is 1. The molecule has 0 fully saturated rings. The summed E-state index contributed by atoms with van der Waals surface area (Å²) < 4.78 is 25.7. The topological polar surface area (TPSA) is 95.5 Å². The van der Waals surface area contributed by atoms with E-state index in [2.05, 4.69) is 30.8 Å². The van der Waals surface area contributed by atoms with Crippen LogP contribution in [0.2, 0.25) is 0 Å². The summed E-state index contributed by atoms with van der Waals surface area (Å²) in [5.41, 5.74) is 2.16. The first-order valence-corrected chi connectivity index (χ1v) is 10.2. The summed E-state index contributed by atoms with van der Waals surface area (Å²) in [6.45, 7) is 6.18. The van der Waals surface area contributed by atoms with Gasteiger partial charge in [-0.05, 0) is 54.3 Å². The van der Waals surface area contributed by atoms with Gasteiger partial charge in [0.1, 0.15) is 5.75 Å². The van der Waals surface area contributed by atoms with Crippen molar-refractivity contribution in [1.29, 1.82) is 0 Å². The number of sulfonamides is 1. The van der Waals surface area contributed by atoms with Gasteiger partial charge in [0.15, 0.2) is 0 Å². The Morgan fingerprint density at radius 2 is 1.70 bits per heavy atom. The number of amides is 1. The molecular weight excluding hydrogens is 364 g/mol. The minimum Gasteiger partial charge on any atom is -0.506 e. The molecule has 0 bridgehead atoms. The van der Waals surface area contributed by atoms with Crippen molar-refractivity contribution >= 4 is 21.6 Å². The highest BCUT2D eigenvalue weighted by Gasteiger charge is 2.16. The van der Waals surface area contributed by atoms with Crippen molar-refractivity contribution in [1.82, 2.24) is 4.72 Å². The molecule has 2 aromatic rings. The first kappa shape index (κ1) is 20.9. The zero-order valence-corrected chi connectivity index (χ0v) is 16.9. The Morgan fingerprint density at radius 1 is 1.07 bits per heavy atom. The van der Waals surface area contributed by atoms with Gasteiger partial charge < -0.3 is 10.4 Å². The van der Waals surface area contributed by atoms with Gasteiger partial charge in [-0.15, -0.1) is 0 Å². The minimum absolute atomic E-state index is 0.0259. The fourth-order valence-corrected chi connectivity index (χ4v) is 3.26. The molecule has 0 aliphatic rings. The third kappa shape index (κ3) is 5.55. The van der Waals surface area contributed by atoms with Gasteiger partial charge in [-0.1, -0.05) is 39.0 Å². The summed E-state index contributed by atoms with van der Waals surface area (Å²) in [6.07, 6.45) is 0.683. The number of nitrogens with one attached hydrogen (secondary N) is 2. The van der Waals surface area contributed by atoms with Crippen LogP contribution >= 0.6 is 0 Å². The van der Waals surface area contributed by atoms with Gasteiger partial charge in [0.2, 0.25) is 15.9 Å². The quantitative estimate of drug-likeness (QED) is 0.660. The van der Waals surface area contributed by atoms with Crippen LogP contribution in [0.5, 0.6) is 5.75 Å². The average Bonchev–Trinajstić information content (AvgIpc) is 2.61. The monoisotopic (exact) mass is 390 g/mol. The summed E-state index contributed by atoms with van der Waals surface area (Å²) in [5.74, 6) is -0.193. The van der Waals surface area contributed by atoms with Gasteiger partial charge >= 0.3 is 0 Å². The van der Waals surface area contributed by atoms with Crippen molar-refractivity contribution in [2.75, 3.05) is 12.4 Å². The highest BCUT2D eigenvalue weighted by atomic mass is 32.2. The molecule has 146 valence electrons. The van der Waals surface area contributed by atoms with E-state index in [9.17, 15) is 18.3 Å². The normalized spacial score (nSPS) is 12.0. The molecule has 0 spiro atoms. The molecule has 27 heavy (non-hydrogen) atoms. The largest absolute Gasteiger partial charge is 0.506 e. The average molecular weight is 391 g/mol. The fourth-order valence-electron chi connectivity index (χ4n) is 2.53. The number of hydrogen-bond donors (Lipinski definition) is 3. The summed E-state index contributed by atoms with van der Waals surface area (Å²) in [5, 5.41) is 12.7. The number of hydrogen-bond acceptors (Lipinski definition) is 4. The van der Waals surface area contributed by atoms with E-state index in [-0.39, 0.29) is 28.4 Å². The maximum Gasteiger partial charge on any atom is 0.240 e. The van der Waals surface area contributed by atoms with E-state index < -0.39 is 10.0 Å². The predicted octanol–water partition coefficient (Wildman–Crippen LogP) is 3.17. The molecule has 0 aliphatic carbocycles. The van der Waals surface area contributed by atoms with Gasteiger partial charge in [-0.25, -0.2) is 13.1 Å². The molecule has 0 unspecified atom stereocenters. The number of benzene rings is 2. The number of phenolic OH excluding ortho intramolecular Hbond substituents is 1. The number of anilines is 1. The van der Waals surface area contributed by atoms with Crippen LogP contribution in [0, 0.1) is 0 Å². The Kier molecular flexibility index (Phi) is 6.28. The fraction of sp³-hybridized carbons (Fsp3) is 0.350. The maximum absolute atomic E-state index is 12.2. The summed E-state index contributed by atoms with van der Waals surface area (Å²) in [6, 6.07) is 11.6. The summed E-state index contributed by atoms with van der Waals surface area (Å²) >= 11 is 0. The molecule has 0 saturated heterocycles. The Bertz CT molecular complexity index is 914. The van der Waals surface area contributed by atoms with E-state index in [0.29, 0.717) is 12.1 Å². The highest BCUT2D eigenvalue weighted by Crippen LogP contribution is 2.30. The van der Waals surface area contributed by atoms with Crippen molar-refractivity contribution in [2.45, 2.75) is 43.9 Å². The smallest absolute Gasteiger partial charge is 0.240 e. The van der Waals surface area contributed by atoms with Crippen LogP contribution in [0.25, 0.3) is 0 Å². The number of phenols is 1. The van der Waals surface area contributed by atoms with Crippen LogP contribution in [-0.4, -0.2) is 26.5 Å². The lowest BCUT2D eigenvalue weighted by Gasteiger charge is -2.20. The van der Waals surface area contributed by atoms with Gasteiger partial charge in [-0.3, -0.25) is 4.79 Å². The lowest BCUT2D eigenvalue weighted by atomic mass is 9.87. The van der Waals surface area contributed by atoms with Crippen molar-refractivity contribution in [3.63, 3.8) is 0 Å². The summed E-state index contributed by atoms with van der Waals surface area (Å²) in [4.78, 5) is 12.4. The van der Waals surface area contributed by atoms with Crippen molar-refractivity contribution in [3.8, 4) is 5.75 Å². The minimum atomic E-state index is -3.46. The number of rotatable bonds is 6. The number of aryl methyl sites for hydroxylation is 1. The second-order valence-corrected chi connectivity index (χ2v) is 9.27. The van der Waals surface area contributed by atoms with Crippen LogP contribution in [0.1, 0.15) is 38.3 Å². The van der Waals surface area contributed by atoms with E-state index >= 15 is 0 Å². The zero-order chi connectivity index (χ0) is 20.2. The van der Waals surface area contributed by atoms with Crippen LogP contribution in [0.4, 0.5) is 5.69 Å². The lowest BCUT2D eigenvalue weighted by molar-refractivity contribution is -0.116. The third-order valence-corrected chi connectivity index (χ3v) is 5.71. The predicted molar refractivity (Wildman–Crippen MR) is 106 cm³/mol. The van der Waals surface area contributed by atoms with Gasteiger partial charge in [0, 0.05) is 6.42 Å². The van der Waals surface area contributed by atoms with Crippen LogP contribution < -0.4 is 10.0 Å². The standard InChI is InChI=1S/C20H26N2O4S/c1-20(2,3)15-8-11-18(23)17(13-15)22-19(24)12-7-14-5-9-16(10-6-14)27(25,26)21-4/h5-6,8-11,13,21,23H,7,12H2,1-4H3,(H,22,24). The Balaban J connectivity index is 2.01. The van der Waals surface area contributed by atoms with Crippen LogP contribution in [0.15, 0.2) is 47.4 Å². The Labute approximate surface area is 160 Å². The van der Waals surface area contributed by atoms with Gasteiger partial charge in [0.25, 0.3) is 0 Å². The second kappa shape index (κ2) is 8.10. The van der Waals surface area contributed by atoms with E-state index in [1.807, 2.05) is 6.07 Å². The molecule has 0 atom stereocenters. The number of carbonyl (C=O) groups excluding carboxylic acids is 1. The van der Waals surface area contributed by atoms with Crippen molar-refractivity contribution in [3.05, 3.63) is 53.6 Å². The molecule has 0 aliphatic heterocycles. The van der Waals surface area contributed by atoms with E-state index in [1.54, 1.807) is 24.3 Å². The molecule has 0 radical (unpaired) electrons. The molecule has 2 aromatic carbocycles. The highest BCUT2D eigenvalue weighted by molar-refractivity contribution is 7.89. The van der Waals surface area contributed by atoms with Crippen LogP contribution in [-0.2, 0) is 26.7 Å². The van der Waals surface area contributed by atoms with Crippen LogP contribution in [0.3, 0.4) is 0 Å². The Morgan fingerprint density at radius 3 is 2.26 bits per heavy atom. The second-order valence-electron chi connectivity index (χ2n) is 7.38. The van der Waals surface area contributed by atoms with Crippen molar-refractivity contribution < 1.29 is 18.3 Å². The Hall–Kier alpha value is -2.38. The van der Waals surface area contributed by atoms with Gasteiger partial charge in [0.05, 0.1) is 10.6 Å². The van der Waals surface area contributed by atoms with E-state index in [0.717, 1.165) is 11.1 Å². The summed E-state index contributed by atoms with van der Waals surface area (Å²) in [7, 11) is -2.11. The van der Waals surface area contributed by atoms with Crippen molar-refractivity contribution in [2.24, 2.45) is 0 Å². The lowest BCUT2D eigenvalue weighted by Crippen LogP contribution is -2.18.